The minimum absolute atomic E-state index is 0.0207. The van der Waals surface area contributed by atoms with Crippen molar-refractivity contribution in [2.45, 2.75) is 13.8 Å². The summed E-state index contributed by atoms with van der Waals surface area (Å²) in [6.45, 7) is 3.51. The van der Waals surface area contributed by atoms with E-state index in [1.54, 1.807) is 23.1 Å². The van der Waals surface area contributed by atoms with E-state index in [1.165, 1.54) is 18.7 Å². The molecule has 0 radical (unpaired) electrons. The Morgan fingerprint density at radius 3 is 2.50 bits per heavy atom. The van der Waals surface area contributed by atoms with E-state index < -0.39 is 0 Å². The number of hydrogen-bond acceptors (Lipinski definition) is 4. The van der Waals surface area contributed by atoms with Gasteiger partial charge in [-0.05, 0) is 43.2 Å². The second-order valence-electron chi connectivity index (χ2n) is 5.53. The van der Waals surface area contributed by atoms with Gasteiger partial charge in [0.2, 0.25) is 0 Å². The highest BCUT2D eigenvalue weighted by molar-refractivity contribution is 8.27. The summed E-state index contributed by atoms with van der Waals surface area (Å²) in [5.74, 6) is -0.0986. The molecule has 1 aliphatic rings. The molecule has 0 N–H and O–H groups in total. The number of anilines is 1. The summed E-state index contributed by atoms with van der Waals surface area (Å²) in [7, 11) is 0. The van der Waals surface area contributed by atoms with Gasteiger partial charge in [0.25, 0.3) is 5.91 Å². The van der Waals surface area contributed by atoms with E-state index in [0.29, 0.717) is 14.8 Å². The standard InChI is InChI=1S/C19H15NO2S2/c1-12-4-3-5-16(10-12)20-18(22)17(24-19(20)23)11-14-6-8-15(9-7-14)13(2)21/h3-11H,1-2H3/b17-11-. The highest BCUT2D eigenvalue weighted by Crippen LogP contribution is 2.36. The van der Waals surface area contributed by atoms with Crippen LogP contribution in [0, 0.1) is 6.92 Å². The quantitative estimate of drug-likeness (QED) is 0.459. The summed E-state index contributed by atoms with van der Waals surface area (Å²) >= 11 is 6.66. The SMILES string of the molecule is CC(=O)c1ccc(/C=C2\SC(=S)N(c3cccc(C)c3)C2=O)cc1. The van der Waals surface area contributed by atoms with Gasteiger partial charge in [-0.2, -0.15) is 0 Å². The van der Waals surface area contributed by atoms with E-state index in [1.807, 2.05) is 43.3 Å². The van der Waals surface area contributed by atoms with Crippen molar-refractivity contribution in [2.24, 2.45) is 0 Å². The number of amides is 1. The zero-order valence-electron chi connectivity index (χ0n) is 13.3. The third kappa shape index (κ3) is 3.32. The topological polar surface area (TPSA) is 37.4 Å². The summed E-state index contributed by atoms with van der Waals surface area (Å²) in [5, 5.41) is 0. The molecule has 0 unspecified atom stereocenters. The fourth-order valence-electron chi connectivity index (χ4n) is 2.42. The number of thiocarbonyl (C=S) groups is 1. The van der Waals surface area contributed by atoms with Gasteiger partial charge in [-0.1, -0.05) is 60.4 Å². The second-order valence-corrected chi connectivity index (χ2v) is 7.21. The van der Waals surface area contributed by atoms with Crippen molar-refractivity contribution in [3.63, 3.8) is 0 Å². The summed E-state index contributed by atoms with van der Waals surface area (Å²) in [5.41, 5.74) is 3.38. The molecule has 1 heterocycles. The first-order chi connectivity index (χ1) is 11.5. The molecule has 2 aromatic rings. The molecule has 0 bridgehead atoms. The zero-order valence-corrected chi connectivity index (χ0v) is 14.9. The molecule has 1 aliphatic heterocycles. The Kier molecular flexibility index (Phi) is 4.64. The minimum Gasteiger partial charge on any atom is -0.295 e. The molecular formula is C19H15NO2S2. The Balaban J connectivity index is 1.89. The van der Waals surface area contributed by atoms with E-state index in [2.05, 4.69) is 0 Å². The van der Waals surface area contributed by atoms with Gasteiger partial charge < -0.3 is 0 Å². The number of nitrogens with zero attached hydrogens (tertiary/aromatic N) is 1. The number of hydrogen-bond donors (Lipinski definition) is 0. The molecule has 3 nitrogen and oxygen atoms in total. The van der Waals surface area contributed by atoms with Gasteiger partial charge >= 0.3 is 0 Å². The van der Waals surface area contributed by atoms with E-state index in [-0.39, 0.29) is 11.7 Å². The molecule has 0 spiro atoms. The fourth-order valence-corrected chi connectivity index (χ4v) is 3.72. The van der Waals surface area contributed by atoms with Crippen LogP contribution in [0.2, 0.25) is 0 Å². The maximum atomic E-state index is 12.7. The minimum atomic E-state index is -0.119. The Morgan fingerprint density at radius 1 is 1.17 bits per heavy atom. The largest absolute Gasteiger partial charge is 0.295 e. The molecule has 1 saturated heterocycles. The molecule has 3 rings (SSSR count). The third-order valence-corrected chi connectivity index (χ3v) is 4.97. The van der Waals surface area contributed by atoms with Crippen LogP contribution in [0.4, 0.5) is 5.69 Å². The van der Waals surface area contributed by atoms with Crippen molar-refractivity contribution in [3.05, 3.63) is 70.1 Å². The van der Waals surface area contributed by atoms with Crippen molar-refractivity contribution in [3.8, 4) is 0 Å². The van der Waals surface area contributed by atoms with Gasteiger partial charge in [-0.3, -0.25) is 14.5 Å². The molecule has 1 amide bonds. The summed E-state index contributed by atoms with van der Waals surface area (Å²) in [4.78, 5) is 26.2. The molecule has 2 aromatic carbocycles. The van der Waals surface area contributed by atoms with Crippen LogP contribution in [0.25, 0.3) is 6.08 Å². The maximum absolute atomic E-state index is 12.7. The van der Waals surface area contributed by atoms with Gasteiger partial charge in [-0.15, -0.1) is 0 Å². The lowest BCUT2D eigenvalue weighted by atomic mass is 10.1. The predicted molar refractivity (Wildman–Crippen MR) is 103 cm³/mol. The number of carbonyl (C=O) groups excluding carboxylic acids is 2. The fraction of sp³-hybridized carbons (Fsp3) is 0.105. The van der Waals surface area contributed by atoms with E-state index >= 15 is 0 Å². The van der Waals surface area contributed by atoms with Gasteiger partial charge in [0.1, 0.15) is 0 Å². The first-order valence-electron chi connectivity index (χ1n) is 7.41. The number of carbonyl (C=O) groups is 2. The normalized spacial score (nSPS) is 16.1. The molecule has 24 heavy (non-hydrogen) atoms. The van der Waals surface area contributed by atoms with Crippen molar-refractivity contribution < 1.29 is 9.59 Å². The number of aryl methyl sites for hydroxylation is 1. The van der Waals surface area contributed by atoms with Crippen LogP contribution < -0.4 is 4.90 Å². The Hall–Kier alpha value is -2.24. The summed E-state index contributed by atoms with van der Waals surface area (Å²) in [6, 6.07) is 14.9. The molecule has 120 valence electrons. The van der Waals surface area contributed by atoms with Gasteiger partial charge in [0.05, 0.1) is 10.6 Å². The second kappa shape index (κ2) is 6.71. The Bertz CT molecular complexity index is 869. The number of rotatable bonds is 3. The molecule has 0 saturated carbocycles. The average molecular weight is 353 g/mol. The zero-order chi connectivity index (χ0) is 17.3. The van der Waals surface area contributed by atoms with Crippen LogP contribution in [-0.4, -0.2) is 16.0 Å². The highest BCUT2D eigenvalue weighted by Gasteiger charge is 2.33. The summed E-state index contributed by atoms with van der Waals surface area (Å²) < 4.78 is 0.525. The number of ketones is 1. The number of Topliss-reactive ketones (excluding diaryl/α,β-unsaturated/α-hetero) is 1. The highest BCUT2D eigenvalue weighted by atomic mass is 32.2. The Morgan fingerprint density at radius 2 is 1.88 bits per heavy atom. The van der Waals surface area contributed by atoms with Gasteiger partial charge in [0.15, 0.2) is 10.1 Å². The van der Waals surface area contributed by atoms with Gasteiger partial charge in [0, 0.05) is 5.56 Å². The molecule has 0 aromatic heterocycles. The van der Waals surface area contributed by atoms with Gasteiger partial charge in [-0.25, -0.2) is 0 Å². The summed E-state index contributed by atoms with van der Waals surface area (Å²) in [6.07, 6.45) is 1.80. The van der Waals surface area contributed by atoms with Crippen LogP contribution in [-0.2, 0) is 4.79 Å². The van der Waals surface area contributed by atoms with Crippen LogP contribution >= 0.6 is 24.0 Å². The third-order valence-electron chi connectivity index (χ3n) is 3.67. The number of benzene rings is 2. The van der Waals surface area contributed by atoms with E-state index in [9.17, 15) is 9.59 Å². The first kappa shape index (κ1) is 16.6. The van der Waals surface area contributed by atoms with E-state index in [0.717, 1.165) is 16.8 Å². The maximum Gasteiger partial charge on any atom is 0.270 e. The lowest BCUT2D eigenvalue weighted by Crippen LogP contribution is -2.27. The number of thioether (sulfide) groups is 1. The first-order valence-corrected chi connectivity index (χ1v) is 8.64. The molecule has 5 heteroatoms. The molecule has 0 atom stereocenters. The molecule has 0 aliphatic carbocycles. The predicted octanol–water partition coefficient (Wildman–Crippen LogP) is 4.60. The molecular weight excluding hydrogens is 338 g/mol. The lowest BCUT2D eigenvalue weighted by molar-refractivity contribution is -0.113. The van der Waals surface area contributed by atoms with Crippen LogP contribution in [0.3, 0.4) is 0 Å². The van der Waals surface area contributed by atoms with Crippen molar-refractivity contribution in [1.82, 2.24) is 0 Å². The van der Waals surface area contributed by atoms with Crippen molar-refractivity contribution in [1.29, 1.82) is 0 Å². The van der Waals surface area contributed by atoms with E-state index in [4.69, 9.17) is 12.2 Å². The Labute approximate surface area is 150 Å². The smallest absolute Gasteiger partial charge is 0.270 e. The lowest BCUT2D eigenvalue weighted by Gasteiger charge is -2.14. The van der Waals surface area contributed by atoms with Crippen molar-refractivity contribution in [2.75, 3.05) is 4.90 Å². The average Bonchev–Trinajstić information content (AvgIpc) is 2.82. The van der Waals surface area contributed by atoms with Crippen molar-refractivity contribution >= 4 is 51.8 Å². The van der Waals surface area contributed by atoms with Crippen LogP contribution in [0.15, 0.2) is 53.4 Å². The molecule has 1 fully saturated rings. The monoisotopic (exact) mass is 353 g/mol. The van der Waals surface area contributed by atoms with Crippen LogP contribution in [0.1, 0.15) is 28.4 Å². The van der Waals surface area contributed by atoms with Crippen LogP contribution in [0.5, 0.6) is 0 Å².